The minimum atomic E-state index is 0.350. The van der Waals surface area contributed by atoms with Crippen LogP contribution in [0.3, 0.4) is 0 Å². The quantitative estimate of drug-likeness (QED) is 0.847. The first-order chi connectivity index (χ1) is 8.86. The second kappa shape index (κ2) is 5.37. The third kappa shape index (κ3) is 2.29. The average Bonchev–Trinajstić information content (AvgIpc) is 2.66. The lowest BCUT2D eigenvalue weighted by molar-refractivity contribution is 0.297. The van der Waals surface area contributed by atoms with E-state index in [0.29, 0.717) is 24.3 Å². The van der Waals surface area contributed by atoms with Crippen LogP contribution >= 0.6 is 11.6 Å². The van der Waals surface area contributed by atoms with E-state index in [4.69, 9.17) is 21.1 Å². The molecule has 2 heterocycles. The highest BCUT2D eigenvalue weighted by Gasteiger charge is 2.23. The first kappa shape index (κ1) is 12.1. The maximum Gasteiger partial charge on any atom is 0.180 e. The van der Waals surface area contributed by atoms with Gasteiger partial charge >= 0.3 is 0 Å². The van der Waals surface area contributed by atoms with Crippen molar-refractivity contribution >= 4 is 11.6 Å². The molecule has 1 fully saturated rings. The molecule has 0 saturated carbocycles. The molecule has 98 valence electrons. The van der Waals surface area contributed by atoms with Crippen LogP contribution in [-0.2, 0) is 0 Å². The molecule has 0 amide bonds. The van der Waals surface area contributed by atoms with Crippen molar-refractivity contribution in [3.63, 3.8) is 0 Å². The van der Waals surface area contributed by atoms with Gasteiger partial charge in [0.2, 0.25) is 0 Å². The van der Waals surface area contributed by atoms with Gasteiger partial charge in [-0.25, -0.2) is 0 Å². The summed E-state index contributed by atoms with van der Waals surface area (Å²) in [6.45, 7) is 2.44. The van der Waals surface area contributed by atoms with Gasteiger partial charge in [0.15, 0.2) is 11.5 Å². The minimum Gasteiger partial charge on any atom is -0.490 e. The second-order valence-electron chi connectivity index (χ2n) is 4.85. The van der Waals surface area contributed by atoms with Crippen molar-refractivity contribution in [2.45, 2.75) is 31.7 Å². The lowest BCUT2D eigenvalue weighted by Gasteiger charge is -2.25. The van der Waals surface area contributed by atoms with E-state index < -0.39 is 0 Å². The van der Waals surface area contributed by atoms with Gasteiger partial charge in [0.1, 0.15) is 0 Å². The Kier molecular flexibility index (Phi) is 3.62. The molecular formula is C14H18ClNO2. The van der Waals surface area contributed by atoms with Crippen LogP contribution in [0.1, 0.15) is 37.3 Å². The van der Waals surface area contributed by atoms with Gasteiger partial charge in [0.25, 0.3) is 0 Å². The normalized spacial score (nSPS) is 23.5. The van der Waals surface area contributed by atoms with Crippen LogP contribution in [-0.4, -0.2) is 19.8 Å². The maximum absolute atomic E-state index is 6.49. The van der Waals surface area contributed by atoms with Crippen molar-refractivity contribution in [1.29, 1.82) is 0 Å². The number of benzene rings is 1. The van der Waals surface area contributed by atoms with Gasteiger partial charge in [-0.2, -0.15) is 0 Å². The summed E-state index contributed by atoms with van der Waals surface area (Å²) in [5, 5.41) is 4.23. The van der Waals surface area contributed by atoms with E-state index in [1.165, 1.54) is 12.8 Å². The number of nitrogens with one attached hydrogen (secondary N) is 1. The third-order valence-corrected chi connectivity index (χ3v) is 3.96. The molecule has 0 bridgehead atoms. The first-order valence-corrected chi connectivity index (χ1v) is 7.05. The van der Waals surface area contributed by atoms with E-state index in [0.717, 1.165) is 36.4 Å². The molecule has 0 spiro atoms. The van der Waals surface area contributed by atoms with Gasteiger partial charge in [-0.1, -0.05) is 24.1 Å². The van der Waals surface area contributed by atoms with Crippen LogP contribution in [0.4, 0.5) is 0 Å². The van der Waals surface area contributed by atoms with E-state index in [-0.39, 0.29) is 0 Å². The van der Waals surface area contributed by atoms with Gasteiger partial charge in [-0.15, -0.1) is 0 Å². The van der Waals surface area contributed by atoms with Gasteiger partial charge in [-0.05, 0) is 31.0 Å². The highest BCUT2D eigenvalue weighted by molar-refractivity contribution is 6.33. The fraction of sp³-hybridized carbons (Fsp3) is 0.571. The van der Waals surface area contributed by atoms with Crippen LogP contribution in [0.5, 0.6) is 11.5 Å². The number of halogens is 1. The molecule has 1 aromatic rings. The summed E-state index contributed by atoms with van der Waals surface area (Å²) >= 11 is 6.49. The zero-order valence-electron chi connectivity index (χ0n) is 10.4. The summed E-state index contributed by atoms with van der Waals surface area (Å²) in [5.74, 6) is 1.50. The fourth-order valence-corrected chi connectivity index (χ4v) is 2.95. The monoisotopic (exact) mass is 267 g/mol. The van der Waals surface area contributed by atoms with Crippen LogP contribution < -0.4 is 14.8 Å². The molecule has 2 aliphatic heterocycles. The molecule has 1 N–H and O–H groups in total. The van der Waals surface area contributed by atoms with Crippen molar-refractivity contribution in [2.75, 3.05) is 19.8 Å². The Labute approximate surface area is 112 Å². The Morgan fingerprint density at radius 1 is 1.11 bits per heavy atom. The van der Waals surface area contributed by atoms with E-state index in [1.807, 2.05) is 6.07 Å². The van der Waals surface area contributed by atoms with E-state index >= 15 is 0 Å². The van der Waals surface area contributed by atoms with Crippen molar-refractivity contribution in [1.82, 2.24) is 5.32 Å². The van der Waals surface area contributed by atoms with Gasteiger partial charge < -0.3 is 14.8 Å². The van der Waals surface area contributed by atoms with Gasteiger partial charge in [0.05, 0.1) is 18.2 Å². The lowest BCUT2D eigenvalue weighted by Crippen LogP contribution is -2.27. The number of hydrogen-bond acceptors (Lipinski definition) is 3. The average molecular weight is 268 g/mol. The zero-order valence-corrected chi connectivity index (χ0v) is 11.1. The molecule has 3 nitrogen and oxygen atoms in total. The molecule has 4 heteroatoms. The molecule has 1 saturated heterocycles. The van der Waals surface area contributed by atoms with Crippen LogP contribution in [0.25, 0.3) is 0 Å². The summed E-state index contributed by atoms with van der Waals surface area (Å²) in [6.07, 6.45) is 4.54. The van der Waals surface area contributed by atoms with Crippen molar-refractivity contribution in [3.05, 3.63) is 22.7 Å². The minimum absolute atomic E-state index is 0.350. The van der Waals surface area contributed by atoms with Crippen LogP contribution in [0.15, 0.2) is 12.1 Å². The van der Waals surface area contributed by atoms with Gasteiger partial charge in [-0.3, -0.25) is 0 Å². The largest absolute Gasteiger partial charge is 0.490 e. The molecule has 1 unspecified atom stereocenters. The maximum atomic E-state index is 6.49. The van der Waals surface area contributed by atoms with E-state index in [9.17, 15) is 0 Å². The number of fused-ring (bicyclic) bond motifs is 1. The number of rotatable bonds is 1. The molecular weight excluding hydrogens is 250 g/mol. The predicted molar refractivity (Wildman–Crippen MR) is 71.7 cm³/mol. The summed E-state index contributed by atoms with van der Waals surface area (Å²) in [7, 11) is 0. The number of ether oxygens (including phenoxy) is 2. The Hall–Kier alpha value is -0.930. The molecule has 1 atom stereocenters. The van der Waals surface area contributed by atoms with Crippen molar-refractivity contribution < 1.29 is 9.47 Å². The summed E-state index contributed by atoms with van der Waals surface area (Å²) in [6, 6.07) is 4.40. The summed E-state index contributed by atoms with van der Waals surface area (Å²) in [4.78, 5) is 0. The Morgan fingerprint density at radius 3 is 2.83 bits per heavy atom. The lowest BCUT2D eigenvalue weighted by atomic mass is 9.97. The standard InChI is InChI=1S/C14H18ClNO2/c15-13-10(11-4-1-2-7-16-11)5-6-12-14(13)18-9-3-8-17-12/h5-6,11,16H,1-4,7-9H2. The van der Waals surface area contributed by atoms with E-state index in [2.05, 4.69) is 11.4 Å². The molecule has 18 heavy (non-hydrogen) atoms. The number of hydrogen-bond donors (Lipinski definition) is 1. The third-order valence-electron chi connectivity index (χ3n) is 3.57. The summed E-state index contributed by atoms with van der Waals surface area (Å²) in [5.41, 5.74) is 1.14. The van der Waals surface area contributed by atoms with Gasteiger partial charge in [0, 0.05) is 12.5 Å². The molecule has 0 radical (unpaired) electrons. The molecule has 3 rings (SSSR count). The topological polar surface area (TPSA) is 30.5 Å². The predicted octanol–water partition coefficient (Wildman–Crippen LogP) is 3.32. The molecule has 0 aliphatic carbocycles. The smallest absolute Gasteiger partial charge is 0.180 e. The Morgan fingerprint density at radius 2 is 2.00 bits per heavy atom. The zero-order chi connectivity index (χ0) is 12.4. The summed E-state index contributed by atoms with van der Waals surface area (Å²) < 4.78 is 11.4. The molecule has 2 aliphatic rings. The highest BCUT2D eigenvalue weighted by Crippen LogP contribution is 2.42. The first-order valence-electron chi connectivity index (χ1n) is 6.67. The van der Waals surface area contributed by atoms with Crippen LogP contribution in [0.2, 0.25) is 5.02 Å². The van der Waals surface area contributed by atoms with Crippen molar-refractivity contribution in [3.8, 4) is 11.5 Å². The van der Waals surface area contributed by atoms with Crippen molar-refractivity contribution in [2.24, 2.45) is 0 Å². The number of piperidine rings is 1. The SMILES string of the molecule is Clc1c(C2CCCCN2)ccc2c1OCCCO2. The highest BCUT2D eigenvalue weighted by atomic mass is 35.5. The van der Waals surface area contributed by atoms with Crippen LogP contribution in [0, 0.1) is 0 Å². The molecule has 0 aromatic heterocycles. The van der Waals surface area contributed by atoms with E-state index in [1.54, 1.807) is 0 Å². The second-order valence-corrected chi connectivity index (χ2v) is 5.23. The fourth-order valence-electron chi connectivity index (χ4n) is 2.60. The Bertz CT molecular complexity index is 430. The molecule has 1 aromatic carbocycles. The Balaban J connectivity index is 1.93.